The Hall–Kier alpha value is -1.72. The number of nitrogens with zero attached hydrogens (tertiary/aromatic N) is 2. The molecule has 1 aromatic heterocycles. The minimum Gasteiger partial charge on any atom is -0.333 e. The molecule has 2 aromatic rings. The molecule has 0 bridgehead atoms. The van der Waals surface area contributed by atoms with Crippen molar-refractivity contribution in [2.75, 3.05) is 26.7 Å². The summed E-state index contributed by atoms with van der Waals surface area (Å²) in [4.78, 5) is 4.91. The van der Waals surface area contributed by atoms with E-state index in [0.717, 1.165) is 50.3 Å². The van der Waals surface area contributed by atoms with E-state index in [1.807, 2.05) is 19.2 Å². The summed E-state index contributed by atoms with van der Waals surface area (Å²) in [6, 6.07) is 5.23. The fraction of sp³-hybridized carbons (Fsp3) is 0.500. The normalized spacial score (nSPS) is 16.0. The molecule has 2 heterocycles. The first-order valence-electron chi connectivity index (χ1n) is 8.38. The third kappa shape index (κ3) is 3.62. The van der Waals surface area contributed by atoms with Gasteiger partial charge in [0, 0.05) is 30.8 Å². The highest BCUT2D eigenvalue weighted by Gasteiger charge is 2.21. The van der Waals surface area contributed by atoms with Crippen LogP contribution in [0.2, 0.25) is 0 Å². The van der Waals surface area contributed by atoms with Crippen LogP contribution in [0, 0.1) is 12.7 Å². The van der Waals surface area contributed by atoms with E-state index >= 15 is 0 Å². The van der Waals surface area contributed by atoms with E-state index in [0.29, 0.717) is 11.5 Å². The summed E-state index contributed by atoms with van der Waals surface area (Å²) in [5.74, 6) is 1.50. The van der Waals surface area contributed by atoms with Crippen LogP contribution in [0.5, 0.6) is 0 Å². The van der Waals surface area contributed by atoms with Crippen LogP contribution in [0.25, 0.3) is 11.3 Å². The molecule has 1 fully saturated rings. The second-order valence-electron chi connectivity index (χ2n) is 6.27. The van der Waals surface area contributed by atoms with E-state index in [9.17, 15) is 4.39 Å². The topological polar surface area (TPSA) is 41.9 Å². The van der Waals surface area contributed by atoms with E-state index in [2.05, 4.69) is 21.4 Å². The summed E-state index contributed by atoms with van der Waals surface area (Å²) >= 11 is 0. The van der Waals surface area contributed by atoms with Crippen LogP contribution in [0.15, 0.2) is 24.4 Å². The highest BCUT2D eigenvalue weighted by molar-refractivity contribution is 5.60. The number of piperidine rings is 1. The Morgan fingerprint density at radius 2 is 2.13 bits per heavy atom. The van der Waals surface area contributed by atoms with Gasteiger partial charge in [-0.25, -0.2) is 9.37 Å². The second-order valence-corrected chi connectivity index (χ2v) is 6.27. The zero-order valence-electron chi connectivity index (χ0n) is 13.9. The lowest BCUT2D eigenvalue weighted by molar-refractivity contribution is 0.429. The monoisotopic (exact) mass is 316 g/mol. The molecule has 1 aromatic carbocycles. The highest BCUT2D eigenvalue weighted by atomic mass is 19.1. The Bertz CT molecular complexity index is 659. The van der Waals surface area contributed by atoms with Crippen molar-refractivity contribution in [2.24, 2.45) is 0 Å². The lowest BCUT2D eigenvalue weighted by Crippen LogP contribution is -2.28. The molecule has 1 saturated heterocycles. The van der Waals surface area contributed by atoms with Crippen LogP contribution in [-0.2, 0) is 6.54 Å². The molecule has 0 atom stereocenters. The summed E-state index contributed by atoms with van der Waals surface area (Å²) < 4.78 is 15.8. The van der Waals surface area contributed by atoms with Gasteiger partial charge in [0.15, 0.2) is 0 Å². The van der Waals surface area contributed by atoms with Crippen LogP contribution < -0.4 is 10.6 Å². The van der Waals surface area contributed by atoms with E-state index < -0.39 is 0 Å². The fourth-order valence-corrected chi connectivity index (χ4v) is 3.19. The number of imidazole rings is 1. The molecule has 1 aliphatic rings. The van der Waals surface area contributed by atoms with Crippen LogP contribution in [0.3, 0.4) is 0 Å². The Morgan fingerprint density at radius 3 is 2.83 bits per heavy atom. The van der Waals surface area contributed by atoms with E-state index in [4.69, 9.17) is 4.98 Å². The summed E-state index contributed by atoms with van der Waals surface area (Å²) in [6.45, 7) is 5.72. The molecule has 23 heavy (non-hydrogen) atoms. The molecule has 0 unspecified atom stereocenters. The Morgan fingerprint density at radius 1 is 1.35 bits per heavy atom. The third-order valence-corrected chi connectivity index (χ3v) is 4.57. The summed E-state index contributed by atoms with van der Waals surface area (Å²) in [7, 11) is 1.96. The molecule has 0 saturated carbocycles. The number of hydrogen-bond acceptors (Lipinski definition) is 3. The van der Waals surface area contributed by atoms with Gasteiger partial charge in [-0.1, -0.05) is 0 Å². The zero-order valence-corrected chi connectivity index (χ0v) is 13.9. The number of likely N-dealkylation sites (N-methyl/N-ethyl adjacent to an activating group) is 1. The van der Waals surface area contributed by atoms with Gasteiger partial charge in [-0.3, -0.25) is 0 Å². The lowest BCUT2D eigenvalue weighted by atomic mass is 9.97. The van der Waals surface area contributed by atoms with Crippen molar-refractivity contribution in [1.82, 2.24) is 20.2 Å². The van der Waals surface area contributed by atoms with E-state index in [1.165, 1.54) is 11.9 Å². The van der Waals surface area contributed by atoms with Crippen LogP contribution in [0.1, 0.15) is 30.1 Å². The second kappa shape index (κ2) is 7.23. The van der Waals surface area contributed by atoms with Gasteiger partial charge in [0.2, 0.25) is 0 Å². The van der Waals surface area contributed by atoms with Crippen LogP contribution >= 0.6 is 0 Å². The molecule has 0 radical (unpaired) electrons. The third-order valence-electron chi connectivity index (χ3n) is 4.57. The minimum absolute atomic E-state index is 0.165. The largest absolute Gasteiger partial charge is 0.333 e. The van der Waals surface area contributed by atoms with Crippen molar-refractivity contribution in [1.29, 1.82) is 0 Å². The minimum atomic E-state index is -0.165. The van der Waals surface area contributed by atoms with E-state index in [1.54, 1.807) is 6.92 Å². The molecule has 5 heteroatoms. The summed E-state index contributed by atoms with van der Waals surface area (Å²) in [5, 5.41) is 6.61. The fourth-order valence-electron chi connectivity index (χ4n) is 3.19. The quantitative estimate of drug-likeness (QED) is 0.891. The number of aromatic nitrogens is 2. The van der Waals surface area contributed by atoms with Crippen molar-refractivity contribution in [3.8, 4) is 11.3 Å². The lowest BCUT2D eigenvalue weighted by Gasteiger charge is -2.23. The molecule has 124 valence electrons. The van der Waals surface area contributed by atoms with Crippen molar-refractivity contribution in [3.63, 3.8) is 0 Å². The first kappa shape index (κ1) is 16.1. The number of benzene rings is 1. The molecule has 0 spiro atoms. The van der Waals surface area contributed by atoms with Gasteiger partial charge in [-0.15, -0.1) is 0 Å². The Labute approximate surface area is 137 Å². The first-order valence-corrected chi connectivity index (χ1v) is 8.38. The maximum atomic E-state index is 13.5. The maximum Gasteiger partial charge on any atom is 0.126 e. The maximum absolute atomic E-state index is 13.5. The number of aryl methyl sites for hydroxylation is 1. The number of nitrogens with one attached hydrogen (secondary N) is 2. The van der Waals surface area contributed by atoms with Crippen molar-refractivity contribution >= 4 is 0 Å². The molecule has 0 aliphatic carbocycles. The molecule has 3 rings (SSSR count). The summed E-state index contributed by atoms with van der Waals surface area (Å²) in [6.07, 6.45) is 4.36. The van der Waals surface area contributed by atoms with Gasteiger partial charge in [0.05, 0.1) is 5.69 Å². The SMILES string of the molecule is CNCCn1cc(-c2ccc(F)c(C)c2)nc1C1CCNCC1. The van der Waals surface area contributed by atoms with Crippen molar-refractivity contribution < 1.29 is 4.39 Å². The van der Waals surface area contributed by atoms with Crippen molar-refractivity contribution in [3.05, 3.63) is 41.6 Å². The van der Waals surface area contributed by atoms with Crippen molar-refractivity contribution in [2.45, 2.75) is 32.2 Å². The molecular formula is C18H25FN4. The average Bonchev–Trinajstić information content (AvgIpc) is 3.00. The predicted molar refractivity (Wildman–Crippen MR) is 91.1 cm³/mol. The highest BCUT2D eigenvalue weighted by Crippen LogP contribution is 2.28. The molecule has 4 nitrogen and oxygen atoms in total. The molecule has 2 N–H and O–H groups in total. The van der Waals surface area contributed by atoms with E-state index in [-0.39, 0.29) is 5.82 Å². The molecule has 1 aliphatic heterocycles. The number of halogens is 1. The van der Waals surface area contributed by atoms with Crippen LogP contribution in [0.4, 0.5) is 4.39 Å². The van der Waals surface area contributed by atoms with Gasteiger partial charge in [0.25, 0.3) is 0 Å². The zero-order chi connectivity index (χ0) is 16.2. The van der Waals surface area contributed by atoms with Gasteiger partial charge < -0.3 is 15.2 Å². The molecular weight excluding hydrogens is 291 g/mol. The Kier molecular flexibility index (Phi) is 5.08. The smallest absolute Gasteiger partial charge is 0.126 e. The number of rotatable bonds is 5. The standard InChI is InChI=1S/C18H25FN4/c1-13-11-15(3-4-16(13)19)17-12-23(10-9-20-2)18(22-17)14-5-7-21-8-6-14/h3-4,11-12,14,20-21H,5-10H2,1-2H3. The van der Waals surface area contributed by atoms with Gasteiger partial charge in [-0.05, 0) is 63.7 Å². The predicted octanol–water partition coefficient (Wildman–Crippen LogP) is 2.68. The van der Waals surface area contributed by atoms with Gasteiger partial charge in [0.1, 0.15) is 11.6 Å². The van der Waals surface area contributed by atoms with Gasteiger partial charge >= 0.3 is 0 Å². The molecule has 0 amide bonds. The summed E-state index contributed by atoms with van der Waals surface area (Å²) in [5.41, 5.74) is 2.59. The van der Waals surface area contributed by atoms with Gasteiger partial charge in [-0.2, -0.15) is 0 Å². The Balaban J connectivity index is 1.94. The first-order chi connectivity index (χ1) is 11.2. The number of hydrogen-bond donors (Lipinski definition) is 2. The van der Waals surface area contributed by atoms with Crippen LogP contribution in [-0.4, -0.2) is 36.2 Å². The average molecular weight is 316 g/mol.